The summed E-state index contributed by atoms with van der Waals surface area (Å²) < 4.78 is 43.5. The Morgan fingerprint density at radius 1 is 0.782 bits per heavy atom. The molecule has 0 heterocycles. The number of esters is 4. The Balaban J connectivity index is 1.91. The Hall–Kier alpha value is -5.49. The van der Waals surface area contributed by atoms with Crippen LogP contribution in [0.3, 0.4) is 0 Å². The van der Waals surface area contributed by atoms with Crippen LogP contribution in [0, 0.1) is 39.8 Å². The molecule has 0 aromatic heterocycles. The number of nitrogens with zero attached hydrogens (tertiary/aromatic N) is 2. The molecular formula is C43H51FN2O9. The van der Waals surface area contributed by atoms with Crippen LogP contribution in [0.15, 0.2) is 60.7 Å². The molecule has 1 aliphatic carbocycles. The number of hydrogen-bond donors (Lipinski definition) is 0. The van der Waals surface area contributed by atoms with Crippen molar-refractivity contribution < 1.29 is 47.3 Å². The van der Waals surface area contributed by atoms with E-state index in [2.05, 4.69) is 20.1 Å². The van der Waals surface area contributed by atoms with Crippen molar-refractivity contribution in [2.24, 2.45) is 11.3 Å². The number of carbonyl (C=O) groups excluding carboxylic acids is 4. The zero-order chi connectivity index (χ0) is 40.4. The number of halogens is 1. The molecule has 2 aromatic carbocycles. The molecule has 0 aliphatic heterocycles. The molecule has 3 rings (SSSR count). The highest BCUT2D eigenvalue weighted by Gasteiger charge is 2.38. The molecular weight excluding hydrogens is 707 g/mol. The van der Waals surface area contributed by atoms with Gasteiger partial charge in [-0.1, -0.05) is 64.3 Å². The van der Waals surface area contributed by atoms with Gasteiger partial charge in [-0.15, -0.1) is 0 Å². The van der Waals surface area contributed by atoms with Gasteiger partial charge >= 0.3 is 23.9 Å². The summed E-state index contributed by atoms with van der Waals surface area (Å²) in [4.78, 5) is 49.5. The topological polar surface area (TPSA) is 162 Å². The minimum Gasteiger partial charge on any atom is -0.492 e. The summed E-state index contributed by atoms with van der Waals surface area (Å²) in [5, 5.41) is 17.9. The van der Waals surface area contributed by atoms with Crippen molar-refractivity contribution in [2.45, 2.75) is 97.3 Å². The van der Waals surface area contributed by atoms with Gasteiger partial charge in [0, 0.05) is 28.3 Å². The van der Waals surface area contributed by atoms with E-state index in [4.69, 9.17) is 34.2 Å². The summed E-state index contributed by atoms with van der Waals surface area (Å²) in [6, 6.07) is 12.9. The smallest absolute Gasteiger partial charge is 0.338 e. The summed E-state index contributed by atoms with van der Waals surface area (Å²) in [5.41, 5.74) is 0.0493. The van der Waals surface area contributed by atoms with Crippen molar-refractivity contribution in [3.8, 4) is 34.8 Å². The molecule has 0 amide bonds. The second-order valence-electron chi connectivity index (χ2n) is 14.3. The fraction of sp³-hybridized carbons (Fsp3) is 0.488. The second kappa shape index (κ2) is 22.0. The van der Waals surface area contributed by atoms with Gasteiger partial charge < -0.3 is 23.7 Å². The van der Waals surface area contributed by atoms with E-state index in [0.29, 0.717) is 0 Å². The van der Waals surface area contributed by atoms with E-state index in [1.807, 2.05) is 6.07 Å². The van der Waals surface area contributed by atoms with E-state index in [1.165, 1.54) is 64.2 Å². The van der Waals surface area contributed by atoms with E-state index < -0.39 is 74.4 Å². The summed E-state index contributed by atoms with van der Waals surface area (Å²) in [5.74, 6) is -2.73. The third-order valence-corrected chi connectivity index (χ3v) is 9.50. The molecule has 0 unspecified atom stereocenters. The fourth-order valence-electron chi connectivity index (χ4n) is 6.26. The van der Waals surface area contributed by atoms with Crippen LogP contribution in [0.5, 0.6) is 11.5 Å². The van der Waals surface area contributed by atoms with Crippen LogP contribution in [0.25, 0.3) is 11.1 Å². The average molecular weight is 759 g/mol. The van der Waals surface area contributed by atoms with Crippen molar-refractivity contribution in [2.75, 3.05) is 26.4 Å². The Morgan fingerprint density at radius 2 is 1.38 bits per heavy atom. The zero-order valence-corrected chi connectivity index (χ0v) is 32.1. The average Bonchev–Trinajstić information content (AvgIpc) is 3.16. The summed E-state index contributed by atoms with van der Waals surface area (Å²) >= 11 is 0. The van der Waals surface area contributed by atoms with E-state index in [-0.39, 0.29) is 39.7 Å². The predicted octanol–water partition coefficient (Wildman–Crippen LogP) is 8.62. The van der Waals surface area contributed by atoms with Gasteiger partial charge in [0.15, 0.2) is 0 Å². The standard InChI is InChI=1S/C43H51FN2O9/c1-6-7-8-9-10-31-11-13-32(14-12-31)33-15-17-35(37(44)23-33)36-18-16-34(24-38(36)55-42(50)30(4)5)51-25-43(26-52-39(47)19-21-45,27-53-40(48)20-22-46)28-54-41(49)29(2)3/h15-18,23-24,31-32H,2,4,6-14,19-20,25-28H2,1,3,5H3. The van der Waals surface area contributed by atoms with Crippen LogP contribution < -0.4 is 9.47 Å². The van der Waals surface area contributed by atoms with Crippen LogP contribution in [0.1, 0.15) is 103 Å². The van der Waals surface area contributed by atoms with Crippen LogP contribution in [0.2, 0.25) is 0 Å². The molecule has 0 bridgehead atoms. The van der Waals surface area contributed by atoms with Gasteiger partial charge in [0.1, 0.15) is 62.0 Å². The second-order valence-corrected chi connectivity index (χ2v) is 14.3. The molecule has 2 aromatic rings. The first-order chi connectivity index (χ1) is 26.3. The minimum absolute atomic E-state index is 0.0269. The Morgan fingerprint density at radius 3 is 1.95 bits per heavy atom. The van der Waals surface area contributed by atoms with Gasteiger partial charge in [0.2, 0.25) is 0 Å². The molecule has 1 saturated carbocycles. The number of ether oxygens (including phenoxy) is 5. The summed E-state index contributed by atoms with van der Waals surface area (Å²) in [6.07, 6.45) is 9.40. The quantitative estimate of drug-likeness (QED) is 0.0394. The van der Waals surface area contributed by atoms with Crippen LogP contribution in [0.4, 0.5) is 4.39 Å². The van der Waals surface area contributed by atoms with E-state index in [9.17, 15) is 19.2 Å². The van der Waals surface area contributed by atoms with Crippen molar-refractivity contribution >= 4 is 23.9 Å². The molecule has 0 spiro atoms. The SMILES string of the molecule is C=C(C)C(=O)OCC(COC(=O)CC#N)(COC(=O)CC#N)COc1ccc(-c2ccc(C3CCC(CCCCCC)CC3)cc2F)c(OC(=O)C(=C)C)c1. The lowest BCUT2D eigenvalue weighted by atomic mass is 9.77. The molecule has 12 heteroatoms. The van der Waals surface area contributed by atoms with Crippen molar-refractivity contribution in [3.05, 3.63) is 72.1 Å². The van der Waals surface area contributed by atoms with Gasteiger partial charge in [-0.3, -0.25) is 9.59 Å². The normalized spacial score (nSPS) is 15.1. The monoisotopic (exact) mass is 758 g/mol. The Bertz CT molecular complexity index is 1750. The van der Waals surface area contributed by atoms with Crippen molar-refractivity contribution in [3.63, 3.8) is 0 Å². The molecule has 0 saturated heterocycles. The first-order valence-corrected chi connectivity index (χ1v) is 18.6. The number of rotatable bonds is 21. The van der Waals surface area contributed by atoms with Gasteiger partial charge in [0.25, 0.3) is 0 Å². The van der Waals surface area contributed by atoms with Gasteiger partial charge in [-0.25, -0.2) is 14.0 Å². The lowest BCUT2D eigenvalue weighted by molar-refractivity contribution is -0.162. The highest BCUT2D eigenvalue weighted by atomic mass is 19.1. The number of hydrogen-bond acceptors (Lipinski definition) is 11. The van der Waals surface area contributed by atoms with E-state index >= 15 is 4.39 Å². The zero-order valence-electron chi connectivity index (χ0n) is 32.1. The lowest BCUT2D eigenvalue weighted by Crippen LogP contribution is -2.44. The number of carbonyl (C=O) groups is 4. The fourth-order valence-corrected chi connectivity index (χ4v) is 6.26. The van der Waals surface area contributed by atoms with Crippen molar-refractivity contribution in [1.29, 1.82) is 10.5 Å². The molecule has 0 radical (unpaired) electrons. The molecule has 55 heavy (non-hydrogen) atoms. The highest BCUT2D eigenvalue weighted by molar-refractivity contribution is 5.90. The first-order valence-electron chi connectivity index (χ1n) is 18.6. The minimum atomic E-state index is -1.54. The van der Waals surface area contributed by atoms with Crippen LogP contribution in [-0.2, 0) is 33.4 Å². The predicted molar refractivity (Wildman–Crippen MR) is 202 cm³/mol. The number of benzene rings is 2. The van der Waals surface area contributed by atoms with Crippen LogP contribution >= 0.6 is 0 Å². The van der Waals surface area contributed by atoms with Crippen LogP contribution in [-0.4, -0.2) is 50.3 Å². The summed E-state index contributed by atoms with van der Waals surface area (Å²) in [7, 11) is 0. The van der Waals surface area contributed by atoms with E-state index in [1.54, 1.807) is 24.3 Å². The largest absolute Gasteiger partial charge is 0.492 e. The first kappa shape index (κ1) is 43.9. The maximum Gasteiger partial charge on any atom is 0.338 e. The molecule has 11 nitrogen and oxygen atoms in total. The molecule has 1 fully saturated rings. The maximum absolute atomic E-state index is 15.9. The molecule has 1 aliphatic rings. The molecule has 0 atom stereocenters. The Kier molecular flexibility index (Phi) is 17.6. The molecule has 0 N–H and O–H groups in total. The highest BCUT2D eigenvalue weighted by Crippen LogP contribution is 2.41. The number of unbranched alkanes of at least 4 members (excludes halogenated alkanes) is 3. The van der Waals surface area contributed by atoms with Gasteiger partial charge in [-0.05, 0) is 75.1 Å². The molecule has 294 valence electrons. The Labute approximate surface area is 323 Å². The third-order valence-electron chi connectivity index (χ3n) is 9.50. The van der Waals surface area contributed by atoms with Gasteiger partial charge in [-0.2, -0.15) is 10.5 Å². The summed E-state index contributed by atoms with van der Waals surface area (Å²) in [6.45, 7) is 10.4. The van der Waals surface area contributed by atoms with Gasteiger partial charge in [0.05, 0.1) is 12.1 Å². The third kappa shape index (κ3) is 14.0. The number of nitriles is 2. The van der Waals surface area contributed by atoms with Crippen molar-refractivity contribution in [1.82, 2.24) is 0 Å². The maximum atomic E-state index is 15.9. The lowest BCUT2D eigenvalue weighted by Gasteiger charge is -2.32. The van der Waals surface area contributed by atoms with E-state index in [0.717, 1.165) is 37.2 Å².